The molecule has 0 spiro atoms. The highest BCUT2D eigenvalue weighted by Gasteiger charge is 2.41. The van der Waals surface area contributed by atoms with Gasteiger partial charge in [-0.25, -0.2) is 4.98 Å². The normalized spacial score (nSPS) is 26.3. The molecular weight excluding hydrogens is 248 g/mol. The number of carbonyl (C=O) groups is 2. The van der Waals surface area contributed by atoms with Gasteiger partial charge in [0.1, 0.15) is 5.76 Å². The third-order valence-electron chi connectivity index (χ3n) is 3.54. The van der Waals surface area contributed by atoms with Crippen LogP contribution in [0.1, 0.15) is 31.4 Å². The van der Waals surface area contributed by atoms with Gasteiger partial charge in [0.15, 0.2) is 0 Å². The number of carbonyl (C=O) groups excluding carboxylic acids is 1. The molecule has 19 heavy (non-hydrogen) atoms. The van der Waals surface area contributed by atoms with Crippen LogP contribution in [-0.4, -0.2) is 22.0 Å². The molecule has 0 aliphatic heterocycles. The number of oxazole rings is 1. The number of carboxylic acid groups (broad SMARTS) is 1. The van der Waals surface area contributed by atoms with Gasteiger partial charge in [0.05, 0.1) is 24.6 Å². The molecule has 0 bridgehead atoms. The van der Waals surface area contributed by atoms with Crippen LogP contribution in [0.25, 0.3) is 0 Å². The summed E-state index contributed by atoms with van der Waals surface area (Å²) < 4.78 is 5.25. The number of aryl methyl sites for hydroxylation is 1. The second kappa shape index (κ2) is 5.42. The molecule has 104 valence electrons. The third-order valence-corrected chi connectivity index (χ3v) is 3.54. The fourth-order valence-corrected chi connectivity index (χ4v) is 2.63. The summed E-state index contributed by atoms with van der Waals surface area (Å²) in [5, 5.41) is 11.8. The summed E-state index contributed by atoms with van der Waals surface area (Å²) in [4.78, 5) is 27.2. The average molecular weight is 266 g/mol. The van der Waals surface area contributed by atoms with E-state index in [0.29, 0.717) is 24.5 Å². The van der Waals surface area contributed by atoms with E-state index in [1.807, 2.05) is 6.92 Å². The maximum Gasteiger partial charge on any atom is 0.307 e. The van der Waals surface area contributed by atoms with Gasteiger partial charge in [0, 0.05) is 0 Å². The van der Waals surface area contributed by atoms with E-state index in [2.05, 4.69) is 10.3 Å². The van der Waals surface area contributed by atoms with Gasteiger partial charge in [-0.3, -0.25) is 9.59 Å². The molecule has 2 N–H and O–H groups in total. The molecule has 1 fully saturated rings. The van der Waals surface area contributed by atoms with Crippen molar-refractivity contribution in [3.05, 3.63) is 17.8 Å². The maximum absolute atomic E-state index is 12.0. The van der Waals surface area contributed by atoms with Crippen molar-refractivity contribution in [2.24, 2.45) is 17.8 Å². The molecule has 2 rings (SSSR count). The van der Waals surface area contributed by atoms with Crippen LogP contribution in [0.4, 0.5) is 0 Å². The second-order valence-corrected chi connectivity index (χ2v) is 5.21. The smallest absolute Gasteiger partial charge is 0.307 e. The Hall–Kier alpha value is -1.85. The Labute approximate surface area is 111 Å². The summed E-state index contributed by atoms with van der Waals surface area (Å²) in [6.45, 7) is 3.95. The second-order valence-electron chi connectivity index (χ2n) is 5.21. The molecule has 1 aromatic rings. The number of nitrogens with one attached hydrogen (secondary N) is 1. The van der Waals surface area contributed by atoms with Crippen molar-refractivity contribution < 1.29 is 19.1 Å². The van der Waals surface area contributed by atoms with Crippen LogP contribution in [-0.2, 0) is 16.1 Å². The Morgan fingerprint density at radius 3 is 2.74 bits per heavy atom. The number of carboxylic acids is 1. The molecule has 1 saturated carbocycles. The molecule has 1 unspecified atom stereocenters. The number of amides is 1. The predicted octanol–water partition coefficient (Wildman–Crippen LogP) is 1.35. The van der Waals surface area contributed by atoms with Gasteiger partial charge >= 0.3 is 5.97 Å². The van der Waals surface area contributed by atoms with Crippen molar-refractivity contribution >= 4 is 11.9 Å². The van der Waals surface area contributed by atoms with Crippen LogP contribution in [0.2, 0.25) is 0 Å². The Morgan fingerprint density at radius 1 is 1.47 bits per heavy atom. The standard InChI is InChI=1S/C13H18N2O4/c1-7-3-9(10(4-7)13(17)18)12(16)15-6-11-14-5-8(2)19-11/h5,7,9-10H,3-4,6H2,1-2H3,(H,15,16)(H,17,18)/t7?,9-,10+/m0/s1. The Bertz CT molecular complexity index is 483. The van der Waals surface area contributed by atoms with Crippen molar-refractivity contribution in [3.8, 4) is 0 Å². The summed E-state index contributed by atoms with van der Waals surface area (Å²) in [5.41, 5.74) is 0. The lowest BCUT2D eigenvalue weighted by molar-refractivity contribution is -0.146. The maximum atomic E-state index is 12.0. The SMILES string of the molecule is Cc1cnc(CNC(=O)[C@H]2CC(C)C[C@H]2C(=O)O)o1. The summed E-state index contributed by atoms with van der Waals surface area (Å²) >= 11 is 0. The van der Waals surface area contributed by atoms with Crippen LogP contribution in [0.5, 0.6) is 0 Å². The van der Waals surface area contributed by atoms with Crippen LogP contribution in [0, 0.1) is 24.7 Å². The minimum Gasteiger partial charge on any atom is -0.481 e. The lowest BCUT2D eigenvalue weighted by Crippen LogP contribution is -2.35. The van der Waals surface area contributed by atoms with Crippen molar-refractivity contribution in [2.75, 3.05) is 0 Å². The number of hydrogen-bond acceptors (Lipinski definition) is 4. The fourth-order valence-electron chi connectivity index (χ4n) is 2.63. The van der Waals surface area contributed by atoms with E-state index in [-0.39, 0.29) is 18.4 Å². The van der Waals surface area contributed by atoms with Gasteiger partial charge in [-0.2, -0.15) is 0 Å². The minimum absolute atomic E-state index is 0.198. The predicted molar refractivity (Wildman–Crippen MR) is 66.1 cm³/mol. The van der Waals surface area contributed by atoms with Crippen molar-refractivity contribution in [3.63, 3.8) is 0 Å². The molecule has 6 nitrogen and oxygen atoms in total. The minimum atomic E-state index is -0.892. The number of aromatic nitrogens is 1. The molecule has 0 radical (unpaired) electrons. The van der Waals surface area contributed by atoms with Gasteiger partial charge in [0.25, 0.3) is 0 Å². The van der Waals surface area contributed by atoms with E-state index in [4.69, 9.17) is 9.52 Å². The highest BCUT2D eigenvalue weighted by Crippen LogP contribution is 2.36. The van der Waals surface area contributed by atoms with Gasteiger partial charge in [0.2, 0.25) is 11.8 Å². The molecule has 3 atom stereocenters. The topological polar surface area (TPSA) is 92.4 Å². The van der Waals surface area contributed by atoms with Crippen molar-refractivity contribution in [1.82, 2.24) is 10.3 Å². The molecule has 0 saturated heterocycles. The fraction of sp³-hybridized carbons (Fsp3) is 0.615. The van der Waals surface area contributed by atoms with Crippen LogP contribution >= 0.6 is 0 Å². The first-order valence-corrected chi connectivity index (χ1v) is 6.39. The third kappa shape index (κ3) is 3.13. The quantitative estimate of drug-likeness (QED) is 0.858. The van der Waals surface area contributed by atoms with Crippen LogP contribution in [0.3, 0.4) is 0 Å². The van der Waals surface area contributed by atoms with E-state index < -0.39 is 17.8 Å². The lowest BCUT2D eigenvalue weighted by atomic mass is 9.95. The molecule has 1 aliphatic carbocycles. The zero-order chi connectivity index (χ0) is 14.0. The number of aliphatic carboxylic acids is 1. The van der Waals surface area contributed by atoms with Crippen LogP contribution < -0.4 is 5.32 Å². The number of nitrogens with zero attached hydrogens (tertiary/aromatic N) is 1. The molecule has 1 amide bonds. The average Bonchev–Trinajstić information content (AvgIpc) is 2.92. The monoisotopic (exact) mass is 266 g/mol. The molecular formula is C13H18N2O4. The summed E-state index contributed by atoms with van der Waals surface area (Å²) in [7, 11) is 0. The van der Waals surface area contributed by atoms with E-state index in [9.17, 15) is 9.59 Å². The highest BCUT2D eigenvalue weighted by atomic mass is 16.4. The largest absolute Gasteiger partial charge is 0.481 e. The Kier molecular flexibility index (Phi) is 3.87. The van der Waals surface area contributed by atoms with Gasteiger partial charge in [-0.1, -0.05) is 6.92 Å². The Balaban J connectivity index is 1.93. The van der Waals surface area contributed by atoms with Crippen molar-refractivity contribution in [2.45, 2.75) is 33.2 Å². The zero-order valence-electron chi connectivity index (χ0n) is 11.0. The first-order chi connectivity index (χ1) is 8.97. The van der Waals surface area contributed by atoms with Crippen molar-refractivity contribution in [1.29, 1.82) is 0 Å². The first kappa shape index (κ1) is 13.6. The van der Waals surface area contributed by atoms with E-state index in [0.717, 1.165) is 0 Å². The van der Waals surface area contributed by atoms with E-state index in [1.165, 1.54) is 0 Å². The Morgan fingerprint density at radius 2 is 2.16 bits per heavy atom. The van der Waals surface area contributed by atoms with Crippen LogP contribution in [0.15, 0.2) is 10.6 Å². The summed E-state index contributed by atoms with van der Waals surface area (Å²) in [5.74, 6) is -0.777. The summed E-state index contributed by atoms with van der Waals surface area (Å²) in [6.07, 6.45) is 2.76. The van der Waals surface area contributed by atoms with Gasteiger partial charge < -0.3 is 14.8 Å². The molecule has 1 aliphatic rings. The lowest BCUT2D eigenvalue weighted by Gasteiger charge is -2.14. The number of rotatable bonds is 4. The molecule has 6 heteroatoms. The molecule has 1 aromatic heterocycles. The number of hydrogen-bond donors (Lipinski definition) is 2. The first-order valence-electron chi connectivity index (χ1n) is 6.39. The summed E-state index contributed by atoms with van der Waals surface area (Å²) in [6, 6.07) is 0. The highest BCUT2D eigenvalue weighted by molar-refractivity contribution is 5.85. The molecule has 1 heterocycles. The van der Waals surface area contributed by atoms with Gasteiger partial charge in [-0.05, 0) is 25.7 Å². The van der Waals surface area contributed by atoms with Gasteiger partial charge in [-0.15, -0.1) is 0 Å². The van der Waals surface area contributed by atoms with E-state index >= 15 is 0 Å². The van der Waals surface area contributed by atoms with E-state index in [1.54, 1.807) is 13.1 Å². The molecule has 0 aromatic carbocycles. The zero-order valence-corrected chi connectivity index (χ0v) is 11.0.